The Balaban J connectivity index is 1.37. The molecule has 4 rings (SSSR count). The van der Waals surface area contributed by atoms with Crippen LogP contribution in [-0.4, -0.2) is 25.3 Å². The van der Waals surface area contributed by atoms with Crippen LogP contribution >= 0.6 is 11.6 Å². The van der Waals surface area contributed by atoms with Crippen LogP contribution in [0.3, 0.4) is 0 Å². The molecule has 0 bridgehead atoms. The maximum atomic E-state index is 12.0. The summed E-state index contributed by atoms with van der Waals surface area (Å²) in [5.74, 6) is 1.27. The fourth-order valence-corrected chi connectivity index (χ4v) is 3.67. The van der Waals surface area contributed by atoms with Crippen molar-refractivity contribution >= 4 is 34.5 Å². The van der Waals surface area contributed by atoms with E-state index in [0.29, 0.717) is 35.5 Å². The number of nitrogens with zero attached hydrogens (tertiary/aromatic N) is 1. The van der Waals surface area contributed by atoms with Gasteiger partial charge in [0.25, 0.3) is 5.91 Å². The van der Waals surface area contributed by atoms with Crippen molar-refractivity contribution < 1.29 is 19.0 Å². The predicted octanol–water partition coefficient (Wildman–Crippen LogP) is 6.00. The average molecular weight is 489 g/mol. The molecule has 0 radical (unpaired) electrons. The van der Waals surface area contributed by atoms with Gasteiger partial charge in [0, 0.05) is 0 Å². The first-order valence-electron chi connectivity index (χ1n) is 11.2. The second-order valence-corrected chi connectivity index (χ2v) is 7.99. The minimum Gasteiger partial charge on any atom is -0.490 e. The number of para-hydroxylation sites is 1. The van der Waals surface area contributed by atoms with Gasteiger partial charge >= 0.3 is 0 Å². The Morgan fingerprint density at radius 3 is 2.54 bits per heavy atom. The Kier molecular flexibility index (Phi) is 8.20. The van der Waals surface area contributed by atoms with Gasteiger partial charge in [-0.3, -0.25) is 4.79 Å². The van der Waals surface area contributed by atoms with Crippen LogP contribution in [0.15, 0.2) is 90.0 Å². The number of nitrogens with one attached hydrogen (secondary N) is 1. The van der Waals surface area contributed by atoms with E-state index in [1.54, 1.807) is 24.3 Å². The molecule has 35 heavy (non-hydrogen) atoms. The first kappa shape index (κ1) is 24.1. The summed E-state index contributed by atoms with van der Waals surface area (Å²) in [6.45, 7) is 2.61. The highest BCUT2D eigenvalue weighted by Crippen LogP contribution is 2.30. The first-order valence-corrected chi connectivity index (χ1v) is 11.6. The summed E-state index contributed by atoms with van der Waals surface area (Å²) >= 11 is 6.02. The van der Waals surface area contributed by atoms with E-state index in [-0.39, 0.29) is 6.61 Å². The number of carbonyl (C=O) groups is 1. The third-order valence-electron chi connectivity index (χ3n) is 5.13. The largest absolute Gasteiger partial charge is 0.490 e. The van der Waals surface area contributed by atoms with Crippen molar-refractivity contribution in [1.82, 2.24) is 5.43 Å². The molecule has 0 fully saturated rings. The summed E-state index contributed by atoms with van der Waals surface area (Å²) in [6, 6.07) is 26.8. The maximum Gasteiger partial charge on any atom is 0.277 e. The zero-order chi connectivity index (χ0) is 24.5. The normalized spacial score (nSPS) is 10.9. The average Bonchev–Trinajstić information content (AvgIpc) is 2.88. The maximum absolute atomic E-state index is 12.0. The van der Waals surface area contributed by atoms with Crippen LogP contribution in [0.4, 0.5) is 0 Å². The lowest BCUT2D eigenvalue weighted by Gasteiger charge is -2.13. The lowest BCUT2D eigenvalue weighted by atomic mass is 10.1. The van der Waals surface area contributed by atoms with E-state index in [4.69, 9.17) is 25.8 Å². The van der Waals surface area contributed by atoms with Crippen molar-refractivity contribution in [2.45, 2.75) is 13.5 Å². The molecule has 0 aliphatic rings. The molecule has 178 valence electrons. The Morgan fingerprint density at radius 1 is 0.886 bits per heavy atom. The lowest BCUT2D eigenvalue weighted by Crippen LogP contribution is -2.24. The number of hydrogen-bond acceptors (Lipinski definition) is 5. The third kappa shape index (κ3) is 6.52. The Labute approximate surface area is 209 Å². The van der Waals surface area contributed by atoms with Crippen molar-refractivity contribution in [2.75, 3.05) is 13.2 Å². The predicted molar refractivity (Wildman–Crippen MR) is 139 cm³/mol. The Bertz CT molecular complexity index is 1330. The van der Waals surface area contributed by atoms with E-state index in [1.165, 1.54) is 11.6 Å². The van der Waals surface area contributed by atoms with Crippen molar-refractivity contribution in [3.63, 3.8) is 0 Å². The monoisotopic (exact) mass is 488 g/mol. The molecular formula is C28H25ClN2O4. The molecule has 0 aliphatic carbocycles. The highest BCUT2D eigenvalue weighted by molar-refractivity contribution is 6.32. The Morgan fingerprint density at radius 2 is 1.69 bits per heavy atom. The molecule has 0 spiro atoms. The van der Waals surface area contributed by atoms with E-state index in [9.17, 15) is 4.79 Å². The quantitative estimate of drug-likeness (QED) is 0.219. The molecule has 0 aliphatic heterocycles. The van der Waals surface area contributed by atoms with Crippen LogP contribution in [0, 0.1) is 0 Å². The van der Waals surface area contributed by atoms with Gasteiger partial charge in [0.15, 0.2) is 18.1 Å². The number of benzene rings is 4. The standard InChI is InChI=1S/C28H25ClN2O4/c1-2-33-27-16-20(17-30-31-28(32)19-35-25-13-6-5-12-24(25)29)14-15-26(27)34-18-22-10-7-9-21-8-3-4-11-23(21)22/h3-17H,2,18-19H2,1H3,(H,31,32)/b30-17-. The number of rotatable bonds is 10. The summed E-state index contributed by atoms with van der Waals surface area (Å²) in [6.07, 6.45) is 1.53. The van der Waals surface area contributed by atoms with Gasteiger partial charge in [0.2, 0.25) is 0 Å². The number of ether oxygens (including phenoxy) is 3. The third-order valence-corrected chi connectivity index (χ3v) is 5.44. The molecule has 0 aromatic heterocycles. The smallest absolute Gasteiger partial charge is 0.277 e. The first-order chi connectivity index (χ1) is 17.1. The van der Waals surface area contributed by atoms with E-state index in [2.05, 4.69) is 34.8 Å². The zero-order valence-corrected chi connectivity index (χ0v) is 20.0. The number of amides is 1. The zero-order valence-electron chi connectivity index (χ0n) is 19.2. The minimum absolute atomic E-state index is 0.202. The Hall–Kier alpha value is -4.03. The molecule has 1 amide bonds. The van der Waals surface area contributed by atoms with Crippen LogP contribution in [0.25, 0.3) is 10.8 Å². The van der Waals surface area contributed by atoms with Crippen molar-refractivity contribution in [1.29, 1.82) is 0 Å². The lowest BCUT2D eigenvalue weighted by molar-refractivity contribution is -0.123. The molecule has 7 heteroatoms. The summed E-state index contributed by atoms with van der Waals surface area (Å²) < 4.78 is 17.3. The second kappa shape index (κ2) is 11.9. The molecule has 0 saturated carbocycles. The van der Waals surface area contributed by atoms with E-state index >= 15 is 0 Å². The molecule has 0 saturated heterocycles. The number of halogens is 1. The van der Waals surface area contributed by atoms with Crippen LogP contribution in [-0.2, 0) is 11.4 Å². The number of hydrogen-bond donors (Lipinski definition) is 1. The molecule has 1 N–H and O–H groups in total. The molecule has 6 nitrogen and oxygen atoms in total. The SMILES string of the molecule is CCOc1cc(/C=N\NC(=O)COc2ccccc2Cl)ccc1OCc1cccc2ccccc12. The van der Waals surface area contributed by atoms with Gasteiger partial charge in [-0.05, 0) is 59.2 Å². The van der Waals surface area contributed by atoms with Crippen molar-refractivity contribution in [3.8, 4) is 17.2 Å². The number of carbonyl (C=O) groups excluding carboxylic acids is 1. The van der Waals surface area contributed by atoms with E-state index in [0.717, 1.165) is 16.5 Å². The van der Waals surface area contributed by atoms with Crippen molar-refractivity contribution in [3.05, 3.63) is 101 Å². The topological polar surface area (TPSA) is 69.2 Å². The number of hydrazone groups is 1. The minimum atomic E-state index is -0.402. The van der Waals surface area contributed by atoms with Crippen LogP contribution in [0.1, 0.15) is 18.1 Å². The molecule has 0 heterocycles. The van der Waals surface area contributed by atoms with E-state index < -0.39 is 5.91 Å². The summed E-state index contributed by atoms with van der Waals surface area (Å²) in [5, 5.41) is 6.77. The molecule has 0 unspecified atom stereocenters. The summed E-state index contributed by atoms with van der Waals surface area (Å²) in [7, 11) is 0. The molecule has 0 atom stereocenters. The van der Waals surface area contributed by atoms with Gasteiger partial charge in [-0.2, -0.15) is 5.10 Å². The van der Waals surface area contributed by atoms with Gasteiger partial charge in [0.05, 0.1) is 17.8 Å². The highest BCUT2D eigenvalue weighted by Gasteiger charge is 2.09. The van der Waals surface area contributed by atoms with Gasteiger partial charge < -0.3 is 14.2 Å². The molecule has 4 aromatic rings. The fourth-order valence-electron chi connectivity index (χ4n) is 3.48. The fraction of sp³-hybridized carbons (Fsp3) is 0.143. The van der Waals surface area contributed by atoms with Crippen molar-refractivity contribution in [2.24, 2.45) is 5.10 Å². The van der Waals surface area contributed by atoms with Gasteiger partial charge in [-0.15, -0.1) is 0 Å². The highest BCUT2D eigenvalue weighted by atomic mass is 35.5. The summed E-state index contributed by atoms with van der Waals surface area (Å²) in [5.41, 5.74) is 4.28. The molecule has 4 aromatic carbocycles. The van der Waals surface area contributed by atoms with Gasteiger partial charge in [-0.25, -0.2) is 5.43 Å². The summed E-state index contributed by atoms with van der Waals surface area (Å²) in [4.78, 5) is 12.0. The van der Waals surface area contributed by atoms with Crippen LogP contribution in [0.5, 0.6) is 17.2 Å². The van der Waals surface area contributed by atoms with Gasteiger partial charge in [-0.1, -0.05) is 66.2 Å². The van der Waals surface area contributed by atoms with Crippen LogP contribution < -0.4 is 19.6 Å². The van der Waals surface area contributed by atoms with Crippen LogP contribution in [0.2, 0.25) is 5.02 Å². The number of fused-ring (bicyclic) bond motifs is 1. The van der Waals surface area contributed by atoms with Gasteiger partial charge in [0.1, 0.15) is 12.4 Å². The van der Waals surface area contributed by atoms with E-state index in [1.807, 2.05) is 43.3 Å². The second-order valence-electron chi connectivity index (χ2n) is 7.58. The molecular weight excluding hydrogens is 464 g/mol.